The minimum atomic E-state index is -0.422. The molecule has 0 aliphatic carbocycles. The summed E-state index contributed by atoms with van der Waals surface area (Å²) in [5.41, 5.74) is 5.40. The Balaban J connectivity index is 2.63. The predicted molar refractivity (Wildman–Crippen MR) is 73.3 cm³/mol. The van der Waals surface area contributed by atoms with Gasteiger partial charge in [0.1, 0.15) is 5.60 Å². The zero-order valence-electron chi connectivity index (χ0n) is 12.4. The third-order valence-corrected chi connectivity index (χ3v) is 3.62. The highest BCUT2D eigenvalue weighted by Crippen LogP contribution is 2.29. The van der Waals surface area contributed by atoms with Crippen LogP contribution in [0.1, 0.15) is 41.0 Å². The van der Waals surface area contributed by atoms with Gasteiger partial charge in [-0.25, -0.2) is 4.79 Å². The first-order valence-electron chi connectivity index (χ1n) is 6.92. The van der Waals surface area contributed by atoms with Crippen LogP contribution in [-0.4, -0.2) is 36.2 Å². The molecule has 1 aliphatic rings. The molecule has 1 aliphatic heterocycles. The van der Waals surface area contributed by atoms with Gasteiger partial charge in [0.15, 0.2) is 0 Å². The van der Waals surface area contributed by atoms with Crippen LogP contribution in [0, 0.1) is 17.8 Å². The third-order valence-electron chi connectivity index (χ3n) is 3.62. The number of hydrogen-bond acceptors (Lipinski definition) is 3. The molecule has 0 radical (unpaired) electrons. The van der Waals surface area contributed by atoms with Crippen molar-refractivity contribution in [2.24, 2.45) is 23.5 Å². The largest absolute Gasteiger partial charge is 0.444 e. The fourth-order valence-corrected chi connectivity index (χ4v) is 2.57. The molecule has 1 heterocycles. The average Bonchev–Trinajstić information content (AvgIpc) is 2.25. The summed E-state index contributed by atoms with van der Waals surface area (Å²) in [4.78, 5) is 13.9. The Labute approximate surface area is 111 Å². The van der Waals surface area contributed by atoms with E-state index in [0.29, 0.717) is 24.3 Å². The summed E-state index contributed by atoms with van der Waals surface area (Å²) in [7, 11) is 0. The Morgan fingerprint density at radius 1 is 1.44 bits per heavy atom. The zero-order valence-corrected chi connectivity index (χ0v) is 12.4. The van der Waals surface area contributed by atoms with Gasteiger partial charge in [-0.05, 0) is 51.5 Å². The van der Waals surface area contributed by atoms with E-state index in [-0.39, 0.29) is 6.09 Å². The fraction of sp³-hybridized carbons (Fsp3) is 0.929. The SMILES string of the molecule is CC(C)C1CN(C(=O)OC(C)(C)C)CCC1CN. The maximum absolute atomic E-state index is 12.0. The number of likely N-dealkylation sites (tertiary alicyclic amines) is 1. The van der Waals surface area contributed by atoms with Crippen LogP contribution in [-0.2, 0) is 4.74 Å². The van der Waals surface area contributed by atoms with E-state index in [4.69, 9.17) is 10.5 Å². The number of hydrogen-bond donors (Lipinski definition) is 1. The normalized spacial score (nSPS) is 25.4. The minimum absolute atomic E-state index is 0.191. The van der Waals surface area contributed by atoms with Gasteiger partial charge in [0.05, 0.1) is 0 Å². The lowest BCUT2D eigenvalue weighted by molar-refractivity contribution is 0.00633. The number of amides is 1. The summed E-state index contributed by atoms with van der Waals surface area (Å²) in [5.74, 6) is 1.56. The predicted octanol–water partition coefficient (Wildman–Crippen LogP) is 2.47. The smallest absolute Gasteiger partial charge is 0.410 e. The van der Waals surface area contributed by atoms with Crippen molar-refractivity contribution in [3.05, 3.63) is 0 Å². The fourth-order valence-electron chi connectivity index (χ4n) is 2.57. The van der Waals surface area contributed by atoms with E-state index in [1.54, 1.807) is 0 Å². The summed E-state index contributed by atoms with van der Waals surface area (Å²) in [6.45, 7) is 12.4. The van der Waals surface area contributed by atoms with Gasteiger partial charge < -0.3 is 15.4 Å². The monoisotopic (exact) mass is 256 g/mol. The van der Waals surface area contributed by atoms with Crippen molar-refractivity contribution < 1.29 is 9.53 Å². The van der Waals surface area contributed by atoms with Crippen LogP contribution in [0.15, 0.2) is 0 Å². The van der Waals surface area contributed by atoms with Gasteiger partial charge in [-0.3, -0.25) is 0 Å². The van der Waals surface area contributed by atoms with Gasteiger partial charge in [0.2, 0.25) is 0 Å². The van der Waals surface area contributed by atoms with Crippen molar-refractivity contribution in [3.63, 3.8) is 0 Å². The topological polar surface area (TPSA) is 55.6 Å². The van der Waals surface area contributed by atoms with Gasteiger partial charge in [-0.2, -0.15) is 0 Å². The lowest BCUT2D eigenvalue weighted by Gasteiger charge is -2.40. The van der Waals surface area contributed by atoms with Gasteiger partial charge in [0, 0.05) is 13.1 Å². The first kappa shape index (κ1) is 15.3. The number of carbonyl (C=O) groups excluding carboxylic acids is 1. The Morgan fingerprint density at radius 2 is 2.06 bits per heavy atom. The molecule has 0 spiro atoms. The van der Waals surface area contributed by atoms with Crippen LogP contribution < -0.4 is 5.73 Å². The van der Waals surface area contributed by atoms with Gasteiger partial charge in [0.25, 0.3) is 0 Å². The highest BCUT2D eigenvalue weighted by Gasteiger charge is 2.34. The van der Waals surface area contributed by atoms with E-state index in [1.165, 1.54) is 0 Å². The van der Waals surface area contributed by atoms with Crippen LogP contribution in [0.25, 0.3) is 0 Å². The molecule has 2 unspecified atom stereocenters. The Bertz CT molecular complexity index is 284. The second-order valence-corrected chi connectivity index (χ2v) is 6.62. The summed E-state index contributed by atoms with van der Waals surface area (Å²) < 4.78 is 5.43. The molecule has 0 bridgehead atoms. The number of piperidine rings is 1. The Hall–Kier alpha value is -0.770. The van der Waals surface area contributed by atoms with Gasteiger partial charge in [-0.1, -0.05) is 13.8 Å². The number of rotatable bonds is 2. The van der Waals surface area contributed by atoms with Gasteiger partial charge in [-0.15, -0.1) is 0 Å². The molecule has 2 N–H and O–H groups in total. The number of nitrogens with zero attached hydrogens (tertiary/aromatic N) is 1. The lowest BCUT2D eigenvalue weighted by Crippen LogP contribution is -2.48. The minimum Gasteiger partial charge on any atom is -0.444 e. The molecule has 106 valence electrons. The van der Waals surface area contributed by atoms with Crippen LogP contribution >= 0.6 is 0 Å². The highest BCUT2D eigenvalue weighted by atomic mass is 16.6. The second kappa shape index (κ2) is 5.91. The Morgan fingerprint density at radius 3 is 2.50 bits per heavy atom. The molecular formula is C14H28N2O2. The van der Waals surface area contributed by atoms with Crippen molar-refractivity contribution in [1.82, 2.24) is 4.90 Å². The van der Waals surface area contributed by atoms with Crippen molar-refractivity contribution in [2.75, 3.05) is 19.6 Å². The Kier molecular flexibility index (Phi) is 5.02. The van der Waals surface area contributed by atoms with E-state index < -0.39 is 5.60 Å². The maximum Gasteiger partial charge on any atom is 0.410 e. The van der Waals surface area contributed by atoms with Crippen molar-refractivity contribution in [3.8, 4) is 0 Å². The summed E-state index contributed by atoms with van der Waals surface area (Å²) in [6.07, 6.45) is 0.794. The molecule has 4 heteroatoms. The highest BCUT2D eigenvalue weighted by molar-refractivity contribution is 5.68. The molecule has 4 nitrogen and oxygen atoms in total. The number of carbonyl (C=O) groups is 1. The molecule has 1 saturated heterocycles. The molecule has 1 amide bonds. The molecule has 1 rings (SSSR count). The third kappa shape index (κ3) is 4.16. The number of ether oxygens (including phenoxy) is 1. The van der Waals surface area contributed by atoms with Crippen LogP contribution in [0.2, 0.25) is 0 Å². The van der Waals surface area contributed by atoms with E-state index in [0.717, 1.165) is 19.5 Å². The van der Waals surface area contributed by atoms with Crippen LogP contribution in [0.3, 0.4) is 0 Å². The summed E-state index contributed by atoms with van der Waals surface area (Å²) in [5, 5.41) is 0. The van der Waals surface area contributed by atoms with Crippen LogP contribution in [0.4, 0.5) is 4.79 Å². The van der Waals surface area contributed by atoms with Crippen molar-refractivity contribution in [1.29, 1.82) is 0 Å². The second-order valence-electron chi connectivity index (χ2n) is 6.62. The van der Waals surface area contributed by atoms with E-state index in [2.05, 4.69) is 13.8 Å². The molecule has 0 saturated carbocycles. The summed E-state index contributed by atoms with van der Waals surface area (Å²) >= 11 is 0. The van der Waals surface area contributed by atoms with E-state index in [1.807, 2.05) is 25.7 Å². The van der Waals surface area contributed by atoms with Crippen LogP contribution in [0.5, 0.6) is 0 Å². The molecule has 18 heavy (non-hydrogen) atoms. The first-order valence-corrected chi connectivity index (χ1v) is 6.92. The quantitative estimate of drug-likeness (QED) is 0.825. The molecule has 0 aromatic heterocycles. The lowest BCUT2D eigenvalue weighted by atomic mass is 9.78. The average molecular weight is 256 g/mol. The molecule has 2 atom stereocenters. The zero-order chi connectivity index (χ0) is 13.9. The summed E-state index contributed by atoms with van der Waals surface area (Å²) in [6, 6.07) is 0. The van der Waals surface area contributed by atoms with E-state index in [9.17, 15) is 4.79 Å². The van der Waals surface area contributed by atoms with Crippen molar-refractivity contribution >= 4 is 6.09 Å². The first-order chi connectivity index (χ1) is 8.24. The molecular weight excluding hydrogens is 228 g/mol. The molecule has 1 fully saturated rings. The van der Waals surface area contributed by atoms with E-state index >= 15 is 0 Å². The standard InChI is InChI=1S/C14H28N2O2/c1-10(2)12-9-16(7-6-11(12)8-15)13(17)18-14(3,4)5/h10-12H,6-9,15H2,1-5H3. The van der Waals surface area contributed by atoms with Crippen molar-refractivity contribution in [2.45, 2.75) is 46.6 Å². The molecule has 0 aromatic rings. The molecule has 0 aromatic carbocycles. The van der Waals surface area contributed by atoms with Gasteiger partial charge >= 0.3 is 6.09 Å². The maximum atomic E-state index is 12.0. The number of nitrogens with two attached hydrogens (primary N) is 1.